The number of amides is 5. The third-order valence-corrected chi connectivity index (χ3v) is 25.9. The highest BCUT2D eigenvalue weighted by Crippen LogP contribution is 2.36. The van der Waals surface area contributed by atoms with E-state index in [2.05, 4.69) is 20.9 Å². The number of nitrogens with zero attached hydrogens (tertiary/aromatic N) is 6. The van der Waals surface area contributed by atoms with Crippen molar-refractivity contribution in [1.82, 2.24) is 40.3 Å². The molecule has 5 amide bonds. The number of aliphatic carboxylic acids is 1. The number of benzene rings is 5. The fourth-order valence-electron chi connectivity index (χ4n) is 15.7. The predicted octanol–water partition coefficient (Wildman–Crippen LogP) is 6.75. The molecule has 38 nitrogen and oxygen atoms in total. The third kappa shape index (κ3) is 32.7. The van der Waals surface area contributed by atoms with Gasteiger partial charge < -0.3 is 102 Å². The fraction of sp³-hybridized carbons (Fsp3) is 0.564. The number of ketones is 3. The first-order valence-electron chi connectivity index (χ1n) is 44.9. The lowest BCUT2D eigenvalue weighted by Gasteiger charge is -2.41. The van der Waals surface area contributed by atoms with Gasteiger partial charge in [-0.2, -0.15) is 0 Å². The van der Waals surface area contributed by atoms with Crippen molar-refractivity contribution in [3.05, 3.63) is 167 Å². The Morgan fingerprint density at radius 3 is 1.93 bits per heavy atom. The molecule has 134 heavy (non-hydrogen) atoms. The molecule has 14 atom stereocenters. The monoisotopic (exact) mass is 1910 g/mol. The number of hydrogen-bond donors (Lipinski definition) is 7. The lowest BCUT2D eigenvalue weighted by molar-refractivity contribution is -0.277. The summed E-state index contributed by atoms with van der Waals surface area (Å²) in [4.78, 5) is 128. The Labute approximate surface area is 782 Å². The molecule has 2 aliphatic rings. The molecule has 3 heterocycles. The average Bonchev–Trinajstić information content (AvgIpc) is 0.822. The number of carboxylic acids is 1. The number of Topliss-reactive ketones (excluding diaryl/α,β-unsaturated/α-hetero) is 3. The van der Waals surface area contributed by atoms with Crippen LogP contribution in [0.3, 0.4) is 0 Å². The summed E-state index contributed by atoms with van der Waals surface area (Å²) in [7, 11) is -2.89. The van der Waals surface area contributed by atoms with Crippen LogP contribution in [0.4, 0.5) is 4.79 Å². The second-order valence-electron chi connectivity index (χ2n) is 33.9. The van der Waals surface area contributed by atoms with Gasteiger partial charge >= 0.3 is 22.5 Å². The number of carboxylic acid groups (broad SMARTS) is 1. The molecule has 0 spiro atoms. The fourth-order valence-corrected chi connectivity index (χ4v) is 17.6. The number of likely N-dealkylation sites (tertiary alicyclic amines) is 1. The van der Waals surface area contributed by atoms with Gasteiger partial charge in [0.2, 0.25) is 24.0 Å². The van der Waals surface area contributed by atoms with E-state index in [-0.39, 0.29) is 162 Å². The van der Waals surface area contributed by atoms with E-state index < -0.39 is 159 Å². The number of aliphatic hydroxyl groups is 4. The summed E-state index contributed by atoms with van der Waals surface area (Å²) in [6.45, 7) is 16.4. The van der Waals surface area contributed by atoms with Crippen LogP contribution in [0.2, 0.25) is 0 Å². The van der Waals surface area contributed by atoms with Crippen LogP contribution >= 0.6 is 0 Å². The zero-order valence-corrected chi connectivity index (χ0v) is 79.6. The molecular weight excluding hydrogens is 1790 g/mol. The summed E-state index contributed by atoms with van der Waals surface area (Å²) >= 11 is 0. The summed E-state index contributed by atoms with van der Waals surface area (Å²) in [5.74, 6) is -8.73. The lowest BCUT2D eigenvalue weighted by atomic mass is 9.85. The highest BCUT2D eigenvalue weighted by atomic mass is 32.3. The Morgan fingerprint density at radius 2 is 1.29 bits per heavy atom. The third-order valence-electron chi connectivity index (χ3n) is 23.4. The average molecular weight is 1920 g/mol. The molecule has 2 fully saturated rings. The minimum Gasteiger partial charge on any atom is -0.481 e. The molecule has 0 saturated carbocycles. The zero-order chi connectivity index (χ0) is 97.9. The smallest absolute Gasteiger partial charge is 0.481 e. The van der Waals surface area contributed by atoms with E-state index in [4.69, 9.17) is 55.7 Å². The van der Waals surface area contributed by atoms with Crippen molar-refractivity contribution in [2.24, 2.45) is 29.6 Å². The number of aromatic nitrogens is 3. The number of carbonyl (C=O) groups excluding carboxylic acids is 8. The van der Waals surface area contributed by atoms with Gasteiger partial charge in [0.25, 0.3) is 5.91 Å². The second kappa shape index (κ2) is 53.8. The molecule has 1 aromatic heterocycles. The van der Waals surface area contributed by atoms with E-state index in [1.807, 2.05) is 51.1 Å². The molecule has 40 heteroatoms. The van der Waals surface area contributed by atoms with Crippen LogP contribution in [0.25, 0.3) is 0 Å². The zero-order valence-electron chi connectivity index (χ0n) is 78.0. The number of rotatable bonds is 59. The van der Waals surface area contributed by atoms with Crippen molar-refractivity contribution >= 4 is 73.3 Å². The molecule has 0 bridgehead atoms. The van der Waals surface area contributed by atoms with Crippen molar-refractivity contribution in [3.63, 3.8) is 0 Å². The molecule has 0 aliphatic carbocycles. The summed E-state index contributed by atoms with van der Waals surface area (Å²) in [6, 6.07) is 26.6. The Bertz CT molecular complexity index is 4990. The van der Waals surface area contributed by atoms with E-state index in [1.54, 1.807) is 69.6 Å². The SMILES string of the molecule is CCC(C)[C@@H]([C@@H](CC(=O)N1CCC[C@H]1[C@H](OC)[C@@H](C)C(=O)CC(Cc1ccccc1)C(=O)O)OC)N(C)C(=O)[C@@H](NC(=O)[C@H](C(C)C)N(C)C(=O)OCc1ccc(OS(=O)(=O)Oc2cc(C(=O)CCCOCCOCCOCCn3cc(COCCOCCNC(=O)c4ccc(C(=O)CCS(=O)(=O)c5ccc(C)cc5)cc4)nn3)ccc2OC2O[C@H](CO)[C@H](O)[C@H](O)[C@H]2O)cc1)C(C)C. The van der Waals surface area contributed by atoms with Gasteiger partial charge in [0, 0.05) is 89.9 Å². The van der Waals surface area contributed by atoms with Crippen LogP contribution in [0.1, 0.15) is 153 Å². The minimum absolute atomic E-state index is 0.0552. The first-order valence-corrected chi connectivity index (χ1v) is 47.8. The van der Waals surface area contributed by atoms with E-state index in [9.17, 15) is 85.5 Å². The maximum atomic E-state index is 14.9. The summed E-state index contributed by atoms with van der Waals surface area (Å²) in [6.07, 6.45) is -8.18. The maximum Gasteiger partial charge on any atom is 0.501 e. The van der Waals surface area contributed by atoms with E-state index >= 15 is 0 Å². The Hall–Kier alpha value is -10.3. The van der Waals surface area contributed by atoms with Gasteiger partial charge in [-0.3, -0.25) is 43.3 Å². The van der Waals surface area contributed by atoms with Gasteiger partial charge in [0.05, 0.1) is 126 Å². The standard InChI is InChI=1S/C94H130N8O30S2/c1-13-62(7)84(79(121-11)54-81(107)102-39-17-21-73(102)88(122-12)63(8)76(106)52-69(92(114)115)51-64-19-15-14-16-20-64)99(9)91(113)82(59(2)3)96-90(112)83(60(4)5)100(10)94(116)128-57-65-25-32-71(33-26-65)131-134(119,120)132-78-53-68(31-36-77(78)129-93-87(110)86(109)85(108)80(56-103)130-93)74(104)22-18-41-123-44-46-126-47-45-125-43-40-101-55-70(97-98-101)58-127-49-48-124-42-38-95-89(111)67-29-27-66(28-30-67)75(105)37-50-133(117,118)72-34-23-61(6)24-35-72/h14-16,19-20,23-36,53,55,59-60,62-63,69,73,79-80,82-88,93,103,108-110H,13,17-18,21-22,37-52,54,56-58H2,1-12H3,(H,95,111)(H,96,112)(H,114,115)/t62?,63-,69?,73-,79+,80+,82-,83-,84-,85-,86-,87+,88+,93?/m0/s1. The maximum absolute atomic E-state index is 14.9. The molecule has 0 radical (unpaired) electrons. The second-order valence-corrected chi connectivity index (χ2v) is 37.2. The highest BCUT2D eigenvalue weighted by Gasteiger charge is 2.47. The number of hydrogen-bond acceptors (Lipinski definition) is 31. The molecule has 3 unspecified atom stereocenters. The van der Waals surface area contributed by atoms with Crippen LogP contribution in [0.5, 0.6) is 17.2 Å². The molecule has 7 N–H and O–H groups in total. The number of methoxy groups -OCH3 is 2. The van der Waals surface area contributed by atoms with Crippen molar-refractivity contribution in [2.45, 2.75) is 205 Å². The number of sulfone groups is 1. The van der Waals surface area contributed by atoms with Crippen LogP contribution in [-0.4, -0.2) is 305 Å². The normalized spacial score (nSPS) is 18.1. The largest absolute Gasteiger partial charge is 0.501 e. The molecule has 5 aromatic carbocycles. The van der Waals surface area contributed by atoms with Gasteiger partial charge in [0.1, 0.15) is 60.3 Å². The van der Waals surface area contributed by atoms with Crippen LogP contribution in [0, 0.1) is 36.5 Å². The number of aryl methyl sites for hydroxylation is 1. The predicted molar refractivity (Wildman–Crippen MR) is 485 cm³/mol. The topological polar surface area (TPSA) is 498 Å². The highest BCUT2D eigenvalue weighted by molar-refractivity contribution is 7.91. The molecule has 6 aromatic rings. The minimum atomic E-state index is -5.14. The molecule has 2 aliphatic heterocycles. The van der Waals surface area contributed by atoms with Crippen molar-refractivity contribution in [3.8, 4) is 17.2 Å². The number of aliphatic hydroxyl groups excluding tert-OH is 4. The number of ether oxygens (including phenoxy) is 10. The van der Waals surface area contributed by atoms with Gasteiger partial charge in [-0.1, -0.05) is 132 Å². The summed E-state index contributed by atoms with van der Waals surface area (Å²) in [5, 5.41) is 65.6. The summed E-state index contributed by atoms with van der Waals surface area (Å²) < 4.78 is 122. The van der Waals surface area contributed by atoms with Crippen molar-refractivity contribution < 1.29 is 141 Å². The number of nitrogens with one attached hydrogen (secondary N) is 2. The van der Waals surface area contributed by atoms with E-state index in [0.29, 0.717) is 61.3 Å². The molecule has 2 saturated heterocycles. The quantitative estimate of drug-likeness (QED) is 0.0153. The van der Waals surface area contributed by atoms with Gasteiger partial charge in [-0.05, 0) is 116 Å². The van der Waals surface area contributed by atoms with Gasteiger partial charge in [0.15, 0.2) is 32.9 Å². The molecule has 8 rings (SSSR count). The van der Waals surface area contributed by atoms with Crippen LogP contribution in [0.15, 0.2) is 132 Å². The van der Waals surface area contributed by atoms with Crippen LogP contribution in [-0.2, 0) is 113 Å². The lowest BCUT2D eigenvalue weighted by Crippen LogP contribution is -2.60. The van der Waals surface area contributed by atoms with Crippen LogP contribution < -0.4 is 23.7 Å². The first-order chi connectivity index (χ1) is 63.9. The van der Waals surface area contributed by atoms with Crippen molar-refractivity contribution in [2.75, 3.05) is 113 Å². The van der Waals surface area contributed by atoms with Gasteiger partial charge in [-0.25, -0.2) is 17.9 Å². The molecule has 738 valence electrons. The van der Waals surface area contributed by atoms with E-state index in [1.165, 1.54) is 92.9 Å². The van der Waals surface area contributed by atoms with Crippen molar-refractivity contribution in [1.29, 1.82) is 0 Å². The summed E-state index contributed by atoms with van der Waals surface area (Å²) in [5.41, 5.74) is 3.20. The Morgan fingerprint density at radius 1 is 0.657 bits per heavy atom. The number of likely N-dealkylation sites (N-methyl/N-ethyl adjacent to an activating group) is 2. The Balaban J connectivity index is 0.741. The Kier molecular flexibility index (Phi) is 43.8. The number of carbonyl (C=O) groups is 9. The van der Waals surface area contributed by atoms with E-state index in [0.717, 1.165) is 28.2 Å². The molecular formula is C94H130N8O30S2. The first kappa shape index (κ1) is 109. The van der Waals surface area contributed by atoms with Gasteiger partial charge in [-0.15, -0.1) is 13.5 Å².